The normalized spacial score (nSPS) is 12.8. The lowest BCUT2D eigenvalue weighted by Gasteiger charge is -2.20. The van der Waals surface area contributed by atoms with Gasteiger partial charge in [-0.2, -0.15) is 0 Å². The van der Waals surface area contributed by atoms with Crippen LogP contribution in [-0.2, 0) is 11.3 Å². The second-order valence-corrected chi connectivity index (χ2v) is 4.69. The molecule has 0 aliphatic rings. The van der Waals surface area contributed by atoms with Gasteiger partial charge < -0.3 is 15.2 Å². The molecule has 0 spiro atoms. The van der Waals surface area contributed by atoms with Gasteiger partial charge in [0.05, 0.1) is 12.6 Å². The van der Waals surface area contributed by atoms with Gasteiger partial charge in [-0.15, -0.1) is 0 Å². The Morgan fingerprint density at radius 1 is 1.44 bits per heavy atom. The quantitative estimate of drug-likeness (QED) is 0.745. The SMILES string of the molecule is CCOCc1nc(Cl)cc(NC(CO)C(C)C)n1. The fraction of sp³-hybridized carbons (Fsp3) is 0.667. The van der Waals surface area contributed by atoms with Crippen molar-refractivity contribution in [1.82, 2.24) is 9.97 Å². The van der Waals surface area contributed by atoms with Crippen LogP contribution in [0.2, 0.25) is 5.15 Å². The third-order valence-corrected chi connectivity index (χ3v) is 2.70. The average molecular weight is 274 g/mol. The van der Waals surface area contributed by atoms with Crippen molar-refractivity contribution in [3.63, 3.8) is 0 Å². The summed E-state index contributed by atoms with van der Waals surface area (Å²) >= 11 is 5.93. The topological polar surface area (TPSA) is 67.3 Å². The first kappa shape index (κ1) is 15.1. The van der Waals surface area contributed by atoms with Crippen molar-refractivity contribution in [3.05, 3.63) is 17.0 Å². The number of aromatic nitrogens is 2. The van der Waals surface area contributed by atoms with Gasteiger partial charge in [-0.1, -0.05) is 25.4 Å². The van der Waals surface area contributed by atoms with Crippen LogP contribution in [0.1, 0.15) is 26.6 Å². The zero-order chi connectivity index (χ0) is 13.5. The number of halogens is 1. The summed E-state index contributed by atoms with van der Waals surface area (Å²) in [6, 6.07) is 1.58. The maximum absolute atomic E-state index is 9.27. The van der Waals surface area contributed by atoms with Crippen molar-refractivity contribution in [2.75, 3.05) is 18.5 Å². The molecule has 1 rings (SSSR count). The molecule has 0 saturated heterocycles. The van der Waals surface area contributed by atoms with E-state index in [1.165, 1.54) is 0 Å². The highest BCUT2D eigenvalue weighted by molar-refractivity contribution is 6.29. The van der Waals surface area contributed by atoms with Gasteiger partial charge in [-0.05, 0) is 12.8 Å². The van der Waals surface area contributed by atoms with Crippen LogP contribution in [0.5, 0.6) is 0 Å². The fourth-order valence-corrected chi connectivity index (χ4v) is 1.61. The summed E-state index contributed by atoms with van der Waals surface area (Å²) in [5.74, 6) is 1.43. The van der Waals surface area contributed by atoms with E-state index >= 15 is 0 Å². The van der Waals surface area contributed by atoms with E-state index in [0.717, 1.165) is 0 Å². The number of ether oxygens (including phenoxy) is 1. The molecule has 18 heavy (non-hydrogen) atoms. The standard InChI is InChI=1S/C12H20ClN3O2/c1-4-18-7-12-15-10(13)5-11(16-12)14-9(6-17)8(2)3/h5,8-9,17H,4,6-7H2,1-3H3,(H,14,15,16). The molecule has 0 aromatic carbocycles. The lowest BCUT2D eigenvalue weighted by Crippen LogP contribution is -2.30. The first-order valence-corrected chi connectivity index (χ1v) is 6.43. The summed E-state index contributed by atoms with van der Waals surface area (Å²) in [4.78, 5) is 8.37. The van der Waals surface area contributed by atoms with Gasteiger partial charge in [-0.25, -0.2) is 9.97 Å². The maximum Gasteiger partial charge on any atom is 0.158 e. The average Bonchev–Trinajstić information content (AvgIpc) is 2.32. The van der Waals surface area contributed by atoms with Crippen LogP contribution in [0.4, 0.5) is 5.82 Å². The van der Waals surface area contributed by atoms with Crippen LogP contribution in [0.25, 0.3) is 0 Å². The summed E-state index contributed by atoms with van der Waals surface area (Å²) in [6.45, 7) is 6.93. The summed E-state index contributed by atoms with van der Waals surface area (Å²) in [5.41, 5.74) is 0. The molecular formula is C12H20ClN3O2. The summed E-state index contributed by atoms with van der Waals surface area (Å²) < 4.78 is 5.25. The Balaban J connectivity index is 2.78. The molecule has 0 fully saturated rings. The molecule has 0 aliphatic heterocycles. The largest absolute Gasteiger partial charge is 0.394 e. The van der Waals surface area contributed by atoms with E-state index in [9.17, 15) is 5.11 Å². The molecule has 1 heterocycles. The van der Waals surface area contributed by atoms with Gasteiger partial charge in [0.25, 0.3) is 0 Å². The summed E-state index contributed by atoms with van der Waals surface area (Å²) in [6.07, 6.45) is 0. The van der Waals surface area contributed by atoms with Crippen molar-refractivity contribution in [1.29, 1.82) is 0 Å². The van der Waals surface area contributed by atoms with Crippen molar-refractivity contribution < 1.29 is 9.84 Å². The molecule has 1 atom stereocenters. The molecule has 5 nitrogen and oxygen atoms in total. The van der Waals surface area contributed by atoms with Gasteiger partial charge in [0.1, 0.15) is 17.6 Å². The molecule has 0 bridgehead atoms. The number of aliphatic hydroxyl groups is 1. The van der Waals surface area contributed by atoms with E-state index in [1.807, 2.05) is 20.8 Å². The highest BCUT2D eigenvalue weighted by atomic mass is 35.5. The van der Waals surface area contributed by atoms with Gasteiger partial charge in [-0.3, -0.25) is 0 Å². The molecule has 1 aromatic heterocycles. The highest BCUT2D eigenvalue weighted by Gasteiger charge is 2.13. The molecule has 2 N–H and O–H groups in total. The Kier molecular flexibility index (Phi) is 6.32. The fourth-order valence-electron chi connectivity index (χ4n) is 1.41. The third kappa shape index (κ3) is 4.76. The van der Waals surface area contributed by atoms with Crippen molar-refractivity contribution >= 4 is 17.4 Å². The summed E-state index contributed by atoms with van der Waals surface area (Å²) in [5, 5.41) is 12.8. The van der Waals surface area contributed by atoms with Gasteiger partial charge in [0, 0.05) is 12.7 Å². The van der Waals surface area contributed by atoms with E-state index in [4.69, 9.17) is 16.3 Å². The number of aliphatic hydroxyl groups excluding tert-OH is 1. The Hall–Kier alpha value is -0.910. The third-order valence-electron chi connectivity index (χ3n) is 2.51. The minimum atomic E-state index is -0.0593. The smallest absolute Gasteiger partial charge is 0.158 e. The Morgan fingerprint density at radius 3 is 2.72 bits per heavy atom. The maximum atomic E-state index is 9.27. The first-order valence-electron chi connectivity index (χ1n) is 6.05. The van der Waals surface area contributed by atoms with Crippen molar-refractivity contribution in [2.45, 2.75) is 33.4 Å². The number of hydrogen-bond acceptors (Lipinski definition) is 5. The Labute approximate surface area is 113 Å². The number of nitrogens with zero attached hydrogens (tertiary/aromatic N) is 2. The number of anilines is 1. The molecular weight excluding hydrogens is 254 g/mol. The molecule has 1 aromatic rings. The predicted octanol–water partition coefficient (Wildman–Crippen LogP) is 2.10. The van der Waals surface area contributed by atoms with Crippen LogP contribution in [0, 0.1) is 5.92 Å². The first-order chi connectivity index (χ1) is 8.56. The second-order valence-electron chi connectivity index (χ2n) is 4.31. The highest BCUT2D eigenvalue weighted by Crippen LogP contribution is 2.15. The lowest BCUT2D eigenvalue weighted by atomic mass is 10.1. The number of rotatable bonds is 7. The zero-order valence-electron chi connectivity index (χ0n) is 11.0. The second kappa shape index (κ2) is 7.51. The number of nitrogens with one attached hydrogen (secondary N) is 1. The molecule has 0 aliphatic carbocycles. The van der Waals surface area contributed by atoms with Gasteiger partial charge in [0.2, 0.25) is 0 Å². The van der Waals surface area contributed by atoms with Crippen LogP contribution in [-0.4, -0.2) is 34.3 Å². The minimum Gasteiger partial charge on any atom is -0.394 e. The van der Waals surface area contributed by atoms with Crippen LogP contribution in [0.3, 0.4) is 0 Å². The molecule has 0 saturated carbocycles. The molecule has 0 amide bonds. The Bertz CT molecular complexity index is 374. The Morgan fingerprint density at radius 2 is 2.17 bits per heavy atom. The van der Waals surface area contributed by atoms with E-state index in [0.29, 0.717) is 35.9 Å². The predicted molar refractivity (Wildman–Crippen MR) is 71.7 cm³/mol. The molecule has 102 valence electrons. The lowest BCUT2D eigenvalue weighted by molar-refractivity contribution is 0.128. The van der Waals surface area contributed by atoms with Crippen molar-refractivity contribution in [2.24, 2.45) is 5.92 Å². The van der Waals surface area contributed by atoms with E-state index in [1.54, 1.807) is 6.07 Å². The summed E-state index contributed by atoms with van der Waals surface area (Å²) in [7, 11) is 0. The number of hydrogen-bond donors (Lipinski definition) is 2. The van der Waals surface area contributed by atoms with Gasteiger partial charge >= 0.3 is 0 Å². The van der Waals surface area contributed by atoms with Crippen LogP contribution < -0.4 is 5.32 Å². The van der Waals surface area contributed by atoms with Crippen LogP contribution >= 0.6 is 11.6 Å². The molecule has 6 heteroatoms. The van der Waals surface area contributed by atoms with E-state index < -0.39 is 0 Å². The van der Waals surface area contributed by atoms with E-state index in [2.05, 4.69) is 15.3 Å². The zero-order valence-corrected chi connectivity index (χ0v) is 11.7. The molecule has 0 radical (unpaired) electrons. The van der Waals surface area contributed by atoms with Crippen molar-refractivity contribution in [3.8, 4) is 0 Å². The van der Waals surface area contributed by atoms with Crippen LogP contribution in [0.15, 0.2) is 6.07 Å². The molecule has 1 unspecified atom stereocenters. The van der Waals surface area contributed by atoms with Gasteiger partial charge in [0.15, 0.2) is 5.82 Å². The minimum absolute atomic E-state index is 0.0417. The van der Waals surface area contributed by atoms with E-state index in [-0.39, 0.29) is 12.6 Å². The monoisotopic (exact) mass is 273 g/mol.